The van der Waals surface area contributed by atoms with Crippen LogP contribution in [0.1, 0.15) is 33.3 Å². The molecule has 0 aromatic heterocycles. The molecule has 2 atom stereocenters. The Balaban J connectivity index is 2.99. The number of halogens is 1. The van der Waals surface area contributed by atoms with E-state index in [1.807, 2.05) is 30.3 Å². The van der Waals surface area contributed by atoms with Gasteiger partial charge in [0.2, 0.25) is 0 Å². The van der Waals surface area contributed by atoms with Gasteiger partial charge in [-0.15, -0.1) is 11.6 Å². The Morgan fingerprint density at radius 3 is 2.30 bits per heavy atom. The molecule has 1 aromatic carbocycles. The van der Waals surface area contributed by atoms with Crippen LogP contribution in [0.2, 0.25) is 0 Å². The SMILES string of the molecule is CC(C)(C)OC(=O)N[C@@](C)(c1ccccc1)[C@@H](O)CCl. The summed E-state index contributed by atoms with van der Waals surface area (Å²) in [6.07, 6.45) is -1.52. The molecule has 0 fully saturated rings. The Morgan fingerprint density at radius 2 is 1.85 bits per heavy atom. The van der Waals surface area contributed by atoms with E-state index < -0.39 is 23.3 Å². The maximum atomic E-state index is 12.0. The lowest BCUT2D eigenvalue weighted by atomic mass is 9.87. The first-order valence-corrected chi connectivity index (χ1v) is 7.03. The van der Waals surface area contributed by atoms with E-state index in [9.17, 15) is 9.90 Å². The fourth-order valence-corrected chi connectivity index (χ4v) is 2.11. The molecule has 4 nitrogen and oxygen atoms in total. The van der Waals surface area contributed by atoms with Gasteiger partial charge in [0.15, 0.2) is 0 Å². The minimum absolute atomic E-state index is 0.00118. The molecule has 1 aromatic rings. The largest absolute Gasteiger partial charge is 0.444 e. The number of carbonyl (C=O) groups is 1. The maximum absolute atomic E-state index is 12.0. The third-order valence-corrected chi connectivity index (χ3v) is 3.24. The van der Waals surface area contributed by atoms with Gasteiger partial charge in [0.05, 0.1) is 17.5 Å². The van der Waals surface area contributed by atoms with Crippen LogP contribution in [0.25, 0.3) is 0 Å². The van der Waals surface area contributed by atoms with Crippen molar-refractivity contribution >= 4 is 17.7 Å². The van der Waals surface area contributed by atoms with Gasteiger partial charge in [-0.2, -0.15) is 0 Å². The predicted octanol–water partition coefficient (Wildman–Crippen LogP) is 3.03. The first kappa shape index (κ1) is 16.8. The number of benzene rings is 1. The number of alkyl carbamates (subject to hydrolysis) is 1. The molecule has 0 radical (unpaired) electrons. The number of aliphatic hydroxyl groups excluding tert-OH is 1. The lowest BCUT2D eigenvalue weighted by molar-refractivity contribution is 0.0293. The zero-order valence-corrected chi connectivity index (χ0v) is 13.1. The number of hydrogen-bond acceptors (Lipinski definition) is 3. The monoisotopic (exact) mass is 299 g/mol. The van der Waals surface area contributed by atoms with Crippen molar-refractivity contribution in [1.82, 2.24) is 5.32 Å². The molecule has 0 spiro atoms. The van der Waals surface area contributed by atoms with E-state index in [0.29, 0.717) is 0 Å². The smallest absolute Gasteiger partial charge is 0.408 e. The van der Waals surface area contributed by atoms with E-state index in [1.165, 1.54) is 0 Å². The predicted molar refractivity (Wildman–Crippen MR) is 79.9 cm³/mol. The van der Waals surface area contributed by atoms with Crippen LogP contribution in [0, 0.1) is 0 Å². The van der Waals surface area contributed by atoms with Gasteiger partial charge in [0, 0.05) is 0 Å². The van der Waals surface area contributed by atoms with Crippen molar-refractivity contribution in [3.05, 3.63) is 35.9 Å². The van der Waals surface area contributed by atoms with E-state index in [-0.39, 0.29) is 5.88 Å². The molecule has 1 rings (SSSR count). The molecular weight excluding hydrogens is 278 g/mol. The molecule has 112 valence electrons. The molecule has 0 aliphatic carbocycles. The van der Waals surface area contributed by atoms with E-state index >= 15 is 0 Å². The molecule has 2 N–H and O–H groups in total. The minimum Gasteiger partial charge on any atom is -0.444 e. The molecule has 0 saturated heterocycles. The van der Waals surface area contributed by atoms with Gasteiger partial charge in [0.25, 0.3) is 0 Å². The van der Waals surface area contributed by atoms with Crippen LogP contribution in [0.4, 0.5) is 4.79 Å². The third kappa shape index (κ3) is 4.39. The summed E-state index contributed by atoms with van der Waals surface area (Å²) in [5.41, 5.74) is -0.849. The van der Waals surface area contributed by atoms with Crippen LogP contribution in [-0.2, 0) is 10.3 Å². The highest BCUT2D eigenvalue weighted by atomic mass is 35.5. The second-order valence-electron chi connectivity index (χ2n) is 5.87. The summed E-state index contributed by atoms with van der Waals surface area (Å²) in [5, 5.41) is 12.9. The molecule has 1 amide bonds. The quantitative estimate of drug-likeness (QED) is 0.840. The number of ether oxygens (including phenoxy) is 1. The van der Waals surface area contributed by atoms with Gasteiger partial charge < -0.3 is 15.2 Å². The molecule has 0 aliphatic heterocycles. The summed E-state index contributed by atoms with van der Waals surface area (Å²) in [6, 6.07) is 9.20. The molecule has 0 saturated carbocycles. The van der Waals surface area contributed by atoms with Crippen LogP contribution >= 0.6 is 11.6 Å². The molecule has 5 heteroatoms. The van der Waals surface area contributed by atoms with Crippen molar-refractivity contribution in [1.29, 1.82) is 0 Å². The van der Waals surface area contributed by atoms with E-state index in [0.717, 1.165) is 5.56 Å². The third-order valence-electron chi connectivity index (χ3n) is 2.95. The van der Waals surface area contributed by atoms with Gasteiger partial charge in [-0.25, -0.2) is 4.79 Å². The number of carbonyl (C=O) groups excluding carboxylic acids is 1. The van der Waals surface area contributed by atoms with Crippen LogP contribution in [-0.4, -0.2) is 28.8 Å². The number of aliphatic hydroxyl groups is 1. The average Bonchev–Trinajstić information content (AvgIpc) is 2.36. The first-order valence-electron chi connectivity index (χ1n) is 6.50. The highest BCUT2D eigenvalue weighted by molar-refractivity contribution is 6.18. The standard InChI is InChI=1S/C15H22ClNO3/c1-14(2,3)20-13(19)17-15(4,12(18)10-16)11-8-6-5-7-9-11/h5-9,12,18H,10H2,1-4H3,(H,17,19)/t12-,15-/m0/s1. The Morgan fingerprint density at radius 1 is 1.30 bits per heavy atom. The van der Waals surface area contributed by atoms with Crippen molar-refractivity contribution < 1.29 is 14.6 Å². The topological polar surface area (TPSA) is 58.6 Å². The Kier molecular flexibility index (Phi) is 5.42. The van der Waals surface area contributed by atoms with Crippen molar-refractivity contribution in [3.8, 4) is 0 Å². The van der Waals surface area contributed by atoms with E-state index in [1.54, 1.807) is 27.7 Å². The normalized spacial score (nSPS) is 16.1. The molecule has 0 heterocycles. The van der Waals surface area contributed by atoms with E-state index in [4.69, 9.17) is 16.3 Å². The second kappa shape index (κ2) is 6.46. The van der Waals surface area contributed by atoms with Gasteiger partial charge >= 0.3 is 6.09 Å². The highest BCUT2D eigenvalue weighted by Gasteiger charge is 2.37. The molecule has 20 heavy (non-hydrogen) atoms. The number of amides is 1. The lowest BCUT2D eigenvalue weighted by Crippen LogP contribution is -2.53. The minimum atomic E-state index is -1.01. The molecule has 0 aliphatic rings. The summed E-state index contributed by atoms with van der Waals surface area (Å²) in [5.74, 6) is 0.00118. The first-order chi connectivity index (χ1) is 9.19. The zero-order chi connectivity index (χ0) is 15.4. The Bertz CT molecular complexity index is 444. The van der Waals surface area contributed by atoms with Crippen molar-refractivity contribution in [2.45, 2.75) is 44.9 Å². The van der Waals surface area contributed by atoms with E-state index in [2.05, 4.69) is 5.32 Å². The van der Waals surface area contributed by atoms with Crippen molar-refractivity contribution in [3.63, 3.8) is 0 Å². The molecule has 0 bridgehead atoms. The van der Waals surface area contributed by atoms with Gasteiger partial charge in [-0.05, 0) is 33.3 Å². The number of alkyl halides is 1. The van der Waals surface area contributed by atoms with Crippen LogP contribution in [0.3, 0.4) is 0 Å². The molecule has 0 unspecified atom stereocenters. The van der Waals surface area contributed by atoms with Gasteiger partial charge in [-0.1, -0.05) is 30.3 Å². The number of nitrogens with one attached hydrogen (secondary N) is 1. The summed E-state index contributed by atoms with van der Waals surface area (Å²) in [6.45, 7) is 7.07. The molecular formula is C15H22ClNO3. The maximum Gasteiger partial charge on any atom is 0.408 e. The van der Waals surface area contributed by atoms with Crippen molar-refractivity contribution in [2.24, 2.45) is 0 Å². The zero-order valence-electron chi connectivity index (χ0n) is 12.3. The van der Waals surface area contributed by atoms with Gasteiger partial charge in [0.1, 0.15) is 5.60 Å². The number of hydrogen-bond donors (Lipinski definition) is 2. The highest BCUT2D eigenvalue weighted by Crippen LogP contribution is 2.26. The van der Waals surface area contributed by atoms with Crippen LogP contribution in [0.15, 0.2) is 30.3 Å². The number of rotatable bonds is 4. The summed E-state index contributed by atoms with van der Waals surface area (Å²) in [4.78, 5) is 12.0. The van der Waals surface area contributed by atoms with Crippen molar-refractivity contribution in [2.75, 3.05) is 5.88 Å². The lowest BCUT2D eigenvalue weighted by Gasteiger charge is -2.35. The fraction of sp³-hybridized carbons (Fsp3) is 0.533. The van der Waals surface area contributed by atoms with Crippen LogP contribution < -0.4 is 5.32 Å². The summed E-state index contributed by atoms with van der Waals surface area (Å²) in [7, 11) is 0. The average molecular weight is 300 g/mol. The second-order valence-corrected chi connectivity index (χ2v) is 6.17. The summed E-state index contributed by atoms with van der Waals surface area (Å²) < 4.78 is 5.25. The van der Waals surface area contributed by atoms with Crippen LogP contribution in [0.5, 0.6) is 0 Å². The Hall–Kier alpha value is -1.26. The fourth-order valence-electron chi connectivity index (χ4n) is 1.80. The van der Waals surface area contributed by atoms with Gasteiger partial charge in [-0.3, -0.25) is 0 Å². The summed E-state index contributed by atoms with van der Waals surface area (Å²) >= 11 is 5.76. The Labute approximate surface area is 125 Å².